The predicted octanol–water partition coefficient (Wildman–Crippen LogP) is 4.61. The first-order valence-corrected chi connectivity index (χ1v) is 16.4. The fourth-order valence-corrected chi connectivity index (χ4v) is 10.2. The highest BCUT2D eigenvalue weighted by Gasteiger charge is 2.60. The molecule has 0 spiro atoms. The van der Waals surface area contributed by atoms with Crippen LogP contribution in [0.3, 0.4) is 0 Å². The molecule has 4 fully saturated rings. The molecule has 0 aromatic heterocycles. The van der Waals surface area contributed by atoms with E-state index in [0.717, 1.165) is 43.4 Å². The minimum atomic E-state index is -1.55. The van der Waals surface area contributed by atoms with Crippen LogP contribution in [0.5, 0.6) is 0 Å². The third kappa shape index (κ3) is 6.51. The SMILES string of the molecule is CC(C)C(NC(=O)CCC(C)[C@H]1CC[C@H]2[C@@H]3CC[C@@H]4C[C@H](O)CC[C@]4(C)[C@H]3CC[C@]12C)C(=O)NC(CC(=O)O)C(=O)O. The Morgan fingerprint density at radius 2 is 1.52 bits per heavy atom. The Morgan fingerprint density at radius 3 is 2.17 bits per heavy atom. The van der Waals surface area contributed by atoms with E-state index in [4.69, 9.17) is 5.11 Å². The van der Waals surface area contributed by atoms with Crippen molar-refractivity contribution in [2.24, 2.45) is 52.3 Å². The molecule has 0 radical (unpaired) electrons. The average molecular weight is 591 g/mol. The number of aliphatic hydroxyl groups is 1. The number of nitrogens with one attached hydrogen (secondary N) is 2. The molecular formula is C33H54N2O7. The van der Waals surface area contributed by atoms with Crippen molar-refractivity contribution >= 4 is 23.8 Å². The molecule has 0 aromatic carbocycles. The quantitative estimate of drug-likeness (QED) is 0.236. The molecule has 4 rings (SSSR count). The number of carbonyl (C=O) groups is 4. The first-order valence-electron chi connectivity index (χ1n) is 16.4. The molecule has 238 valence electrons. The number of hydrogen-bond donors (Lipinski definition) is 5. The lowest BCUT2D eigenvalue weighted by atomic mass is 9.44. The molecule has 3 unspecified atom stereocenters. The molecule has 2 amide bonds. The van der Waals surface area contributed by atoms with Crippen molar-refractivity contribution in [3.8, 4) is 0 Å². The van der Waals surface area contributed by atoms with Crippen LogP contribution in [0.25, 0.3) is 0 Å². The van der Waals surface area contributed by atoms with Crippen molar-refractivity contribution in [3.05, 3.63) is 0 Å². The summed E-state index contributed by atoms with van der Waals surface area (Å²) in [4.78, 5) is 48.2. The Hall–Kier alpha value is -2.16. The lowest BCUT2D eigenvalue weighted by molar-refractivity contribution is -0.147. The van der Waals surface area contributed by atoms with E-state index in [9.17, 15) is 29.4 Å². The van der Waals surface area contributed by atoms with Gasteiger partial charge in [0.25, 0.3) is 0 Å². The van der Waals surface area contributed by atoms with Gasteiger partial charge in [-0.15, -0.1) is 0 Å². The smallest absolute Gasteiger partial charge is 0.326 e. The van der Waals surface area contributed by atoms with Crippen LogP contribution < -0.4 is 10.6 Å². The van der Waals surface area contributed by atoms with Crippen molar-refractivity contribution in [2.75, 3.05) is 0 Å². The van der Waals surface area contributed by atoms with Crippen LogP contribution in [0.1, 0.15) is 112 Å². The van der Waals surface area contributed by atoms with Gasteiger partial charge in [-0.2, -0.15) is 0 Å². The maximum atomic E-state index is 13.0. The van der Waals surface area contributed by atoms with E-state index in [0.29, 0.717) is 29.6 Å². The fourth-order valence-electron chi connectivity index (χ4n) is 10.2. The highest BCUT2D eigenvalue weighted by atomic mass is 16.4. The zero-order valence-electron chi connectivity index (χ0n) is 26.2. The second-order valence-electron chi connectivity index (χ2n) is 15.1. The van der Waals surface area contributed by atoms with Crippen LogP contribution in [-0.2, 0) is 19.2 Å². The summed E-state index contributed by atoms with van der Waals surface area (Å²) >= 11 is 0. The minimum absolute atomic E-state index is 0.119. The molecule has 4 aliphatic rings. The number of hydrogen-bond acceptors (Lipinski definition) is 5. The lowest BCUT2D eigenvalue weighted by Gasteiger charge is -2.61. The van der Waals surface area contributed by atoms with Gasteiger partial charge in [-0.25, -0.2) is 4.79 Å². The van der Waals surface area contributed by atoms with E-state index in [1.54, 1.807) is 13.8 Å². The van der Waals surface area contributed by atoms with Crippen LogP contribution in [0.4, 0.5) is 0 Å². The summed E-state index contributed by atoms with van der Waals surface area (Å²) in [5.74, 6) is -0.120. The Bertz CT molecular complexity index is 1030. The van der Waals surface area contributed by atoms with Crippen molar-refractivity contribution in [2.45, 2.75) is 130 Å². The number of carbonyl (C=O) groups excluding carboxylic acids is 2. The molecule has 0 bridgehead atoms. The van der Waals surface area contributed by atoms with Gasteiger partial charge in [-0.1, -0.05) is 34.6 Å². The lowest BCUT2D eigenvalue weighted by Crippen LogP contribution is -2.54. The van der Waals surface area contributed by atoms with E-state index in [1.807, 2.05) is 0 Å². The molecule has 42 heavy (non-hydrogen) atoms. The number of carboxylic acids is 2. The second-order valence-corrected chi connectivity index (χ2v) is 15.1. The number of aliphatic carboxylic acids is 2. The third-order valence-corrected chi connectivity index (χ3v) is 12.5. The van der Waals surface area contributed by atoms with Crippen molar-refractivity contribution in [1.29, 1.82) is 0 Å². The summed E-state index contributed by atoms with van der Waals surface area (Å²) in [5, 5.41) is 33.7. The van der Waals surface area contributed by atoms with Crippen LogP contribution in [-0.4, -0.2) is 57.3 Å². The van der Waals surface area contributed by atoms with Crippen LogP contribution in [0.2, 0.25) is 0 Å². The molecule has 0 aromatic rings. The fraction of sp³-hybridized carbons (Fsp3) is 0.879. The summed E-state index contributed by atoms with van der Waals surface area (Å²) in [6.07, 6.45) is 10.8. The van der Waals surface area contributed by atoms with Gasteiger partial charge in [-0.3, -0.25) is 14.4 Å². The van der Waals surface area contributed by atoms with E-state index in [-0.39, 0.29) is 23.3 Å². The number of aliphatic hydroxyl groups excluding tert-OH is 1. The largest absolute Gasteiger partial charge is 0.481 e. The van der Waals surface area contributed by atoms with Crippen LogP contribution in [0, 0.1) is 52.3 Å². The number of fused-ring (bicyclic) bond motifs is 5. The molecule has 4 aliphatic carbocycles. The molecule has 4 saturated carbocycles. The van der Waals surface area contributed by atoms with Gasteiger partial charge < -0.3 is 26.0 Å². The van der Waals surface area contributed by atoms with E-state index in [1.165, 1.54) is 38.5 Å². The number of rotatable bonds is 11. The summed E-state index contributed by atoms with van der Waals surface area (Å²) in [5.41, 5.74) is 0.646. The zero-order valence-corrected chi connectivity index (χ0v) is 26.2. The van der Waals surface area contributed by atoms with Crippen molar-refractivity contribution < 1.29 is 34.5 Å². The highest BCUT2D eigenvalue weighted by Crippen LogP contribution is 2.68. The Kier molecular flexibility index (Phi) is 10.0. The molecule has 0 aliphatic heterocycles. The Labute approximate surface area is 251 Å². The van der Waals surface area contributed by atoms with E-state index >= 15 is 0 Å². The van der Waals surface area contributed by atoms with Crippen molar-refractivity contribution in [1.82, 2.24) is 10.6 Å². The summed E-state index contributed by atoms with van der Waals surface area (Å²) in [6, 6.07) is -2.49. The van der Waals surface area contributed by atoms with Crippen molar-refractivity contribution in [3.63, 3.8) is 0 Å². The van der Waals surface area contributed by atoms with Gasteiger partial charge >= 0.3 is 11.9 Å². The minimum Gasteiger partial charge on any atom is -0.481 e. The zero-order chi connectivity index (χ0) is 31.0. The maximum absolute atomic E-state index is 13.0. The number of carboxylic acid groups (broad SMARTS) is 2. The highest BCUT2D eigenvalue weighted by molar-refractivity contribution is 5.91. The van der Waals surface area contributed by atoms with Gasteiger partial charge in [0.05, 0.1) is 12.5 Å². The van der Waals surface area contributed by atoms with Gasteiger partial charge in [0.1, 0.15) is 12.1 Å². The van der Waals surface area contributed by atoms with Gasteiger partial charge in [-0.05, 0) is 116 Å². The molecule has 0 heterocycles. The van der Waals surface area contributed by atoms with Gasteiger partial charge in [0.15, 0.2) is 0 Å². The number of amides is 2. The third-order valence-electron chi connectivity index (χ3n) is 12.5. The van der Waals surface area contributed by atoms with E-state index in [2.05, 4.69) is 31.4 Å². The molecule has 11 atom stereocenters. The summed E-state index contributed by atoms with van der Waals surface area (Å²) in [7, 11) is 0. The van der Waals surface area contributed by atoms with Crippen LogP contribution in [0.15, 0.2) is 0 Å². The Balaban J connectivity index is 1.33. The first kappa shape index (κ1) is 32.7. The van der Waals surface area contributed by atoms with Gasteiger partial charge in [0.2, 0.25) is 11.8 Å². The molecule has 9 nitrogen and oxygen atoms in total. The monoisotopic (exact) mass is 590 g/mol. The van der Waals surface area contributed by atoms with E-state index < -0.39 is 36.4 Å². The van der Waals surface area contributed by atoms with Gasteiger partial charge in [0, 0.05) is 6.42 Å². The molecule has 0 saturated heterocycles. The summed E-state index contributed by atoms with van der Waals surface area (Å²) < 4.78 is 0. The standard InChI is InChI=1S/C33H54N2O7/c1-18(2)29(30(40)34-26(31(41)42)17-28(38)39)35-27(37)11-6-19(3)23-9-10-24-22-8-7-20-16-21(36)12-14-32(20,4)25(22)13-15-33(23,24)5/h18-26,29,36H,6-17H2,1-5H3,(H,34,40)(H,35,37)(H,38,39)(H,41,42)/t19?,20-,21-,22+,23-,24+,25+,26?,29?,32+,33-/m1/s1. The molecular weight excluding hydrogens is 536 g/mol. The average Bonchev–Trinajstić information content (AvgIpc) is 3.27. The maximum Gasteiger partial charge on any atom is 0.326 e. The Morgan fingerprint density at radius 1 is 0.857 bits per heavy atom. The first-order chi connectivity index (χ1) is 19.7. The second kappa shape index (κ2) is 12.8. The summed E-state index contributed by atoms with van der Waals surface area (Å²) in [6.45, 7) is 10.8. The van der Waals surface area contributed by atoms with Crippen LogP contribution >= 0.6 is 0 Å². The molecule has 9 heteroatoms. The normalized spacial score (nSPS) is 37.9. The molecule has 5 N–H and O–H groups in total. The predicted molar refractivity (Wildman–Crippen MR) is 158 cm³/mol. The topological polar surface area (TPSA) is 153 Å².